The highest BCUT2D eigenvalue weighted by molar-refractivity contribution is 5.79. The van der Waals surface area contributed by atoms with Crippen molar-refractivity contribution >= 4 is 5.91 Å². The fourth-order valence-corrected chi connectivity index (χ4v) is 3.81. The van der Waals surface area contributed by atoms with E-state index in [1.807, 2.05) is 0 Å². The van der Waals surface area contributed by atoms with E-state index < -0.39 is 0 Å². The van der Waals surface area contributed by atoms with Crippen molar-refractivity contribution in [2.75, 3.05) is 19.6 Å². The number of hydrogen-bond acceptors (Lipinski definition) is 2. The van der Waals surface area contributed by atoms with Gasteiger partial charge in [-0.1, -0.05) is 13.3 Å². The Morgan fingerprint density at radius 2 is 1.89 bits per heavy atom. The van der Waals surface area contributed by atoms with Crippen molar-refractivity contribution < 1.29 is 4.79 Å². The first kappa shape index (κ1) is 14.8. The Kier molecular flexibility index (Phi) is 5.68. The zero-order valence-corrected chi connectivity index (χ0v) is 12.4. The van der Waals surface area contributed by atoms with Crippen LogP contribution in [0.5, 0.6) is 0 Å². The number of nitrogens with zero attached hydrogens (tertiary/aromatic N) is 1. The van der Waals surface area contributed by atoms with Crippen LogP contribution in [0.15, 0.2) is 0 Å². The molecule has 1 amide bonds. The quantitative estimate of drug-likeness (QED) is 0.850. The van der Waals surface area contributed by atoms with Crippen LogP contribution in [0.1, 0.15) is 58.3 Å². The van der Waals surface area contributed by atoms with E-state index in [9.17, 15) is 4.79 Å². The van der Waals surface area contributed by atoms with E-state index in [2.05, 4.69) is 11.8 Å². The van der Waals surface area contributed by atoms with E-state index >= 15 is 0 Å². The zero-order valence-electron chi connectivity index (χ0n) is 12.4. The maximum Gasteiger partial charge on any atom is 0.225 e. The summed E-state index contributed by atoms with van der Waals surface area (Å²) in [6, 6.07) is 0. The third kappa shape index (κ3) is 3.95. The van der Waals surface area contributed by atoms with Crippen molar-refractivity contribution in [3.63, 3.8) is 0 Å². The van der Waals surface area contributed by atoms with Gasteiger partial charge in [-0.25, -0.2) is 0 Å². The Labute approximate surface area is 117 Å². The number of carbonyl (C=O) groups is 1. The summed E-state index contributed by atoms with van der Waals surface area (Å²) in [4.78, 5) is 14.7. The van der Waals surface area contributed by atoms with Gasteiger partial charge in [-0.15, -0.1) is 0 Å². The Morgan fingerprint density at radius 1 is 1.16 bits per heavy atom. The first-order valence-corrected chi connectivity index (χ1v) is 8.23. The van der Waals surface area contributed by atoms with Crippen molar-refractivity contribution in [3.05, 3.63) is 0 Å². The van der Waals surface area contributed by atoms with Gasteiger partial charge in [0.25, 0.3) is 0 Å². The summed E-state index contributed by atoms with van der Waals surface area (Å²) >= 11 is 0. The lowest BCUT2D eigenvalue weighted by molar-refractivity contribution is -0.138. The van der Waals surface area contributed by atoms with Crippen molar-refractivity contribution in [1.29, 1.82) is 0 Å². The molecule has 0 spiro atoms. The minimum atomic E-state index is 0.319. The van der Waals surface area contributed by atoms with Crippen LogP contribution in [0.4, 0.5) is 0 Å². The van der Waals surface area contributed by atoms with E-state index in [4.69, 9.17) is 5.73 Å². The first-order chi connectivity index (χ1) is 9.24. The van der Waals surface area contributed by atoms with E-state index in [0.29, 0.717) is 17.7 Å². The van der Waals surface area contributed by atoms with Crippen LogP contribution in [0, 0.1) is 17.8 Å². The molecule has 2 N–H and O–H groups in total. The number of piperidine rings is 1. The molecule has 1 saturated carbocycles. The average Bonchev–Trinajstić information content (AvgIpc) is 2.47. The molecule has 0 aromatic rings. The largest absolute Gasteiger partial charge is 0.342 e. The predicted octanol–water partition coefficient (Wildman–Crippen LogP) is 2.79. The lowest BCUT2D eigenvalue weighted by Gasteiger charge is -2.36. The van der Waals surface area contributed by atoms with E-state index in [1.165, 1.54) is 32.1 Å². The van der Waals surface area contributed by atoms with Gasteiger partial charge in [0.2, 0.25) is 5.91 Å². The molecule has 1 heterocycles. The van der Waals surface area contributed by atoms with Gasteiger partial charge in [0.15, 0.2) is 0 Å². The van der Waals surface area contributed by atoms with Crippen LogP contribution in [-0.2, 0) is 4.79 Å². The molecule has 2 fully saturated rings. The molecule has 2 rings (SSSR count). The molecule has 1 aliphatic carbocycles. The number of amides is 1. The highest BCUT2D eigenvalue weighted by Gasteiger charge is 2.31. The van der Waals surface area contributed by atoms with Crippen molar-refractivity contribution in [1.82, 2.24) is 4.90 Å². The molecule has 0 bridgehead atoms. The molecule has 0 aromatic carbocycles. The normalized spacial score (nSPS) is 32.3. The molecule has 0 radical (unpaired) electrons. The molecule has 1 atom stereocenters. The second-order valence-electron chi connectivity index (χ2n) is 6.50. The molecule has 2 aliphatic rings. The van der Waals surface area contributed by atoms with Crippen LogP contribution in [0.2, 0.25) is 0 Å². The molecular formula is C16H30N2O. The molecule has 19 heavy (non-hydrogen) atoms. The highest BCUT2D eigenvalue weighted by Crippen LogP contribution is 2.32. The molecule has 1 aliphatic heterocycles. The van der Waals surface area contributed by atoms with Gasteiger partial charge in [-0.3, -0.25) is 4.79 Å². The Bertz CT molecular complexity index is 282. The molecule has 1 unspecified atom stereocenters. The number of rotatable bonds is 4. The summed E-state index contributed by atoms with van der Waals surface area (Å²) < 4.78 is 0. The number of carbonyl (C=O) groups excluding carboxylic acids is 1. The molecule has 0 aromatic heterocycles. The lowest BCUT2D eigenvalue weighted by Crippen LogP contribution is -2.44. The topological polar surface area (TPSA) is 46.3 Å². The maximum atomic E-state index is 12.6. The highest BCUT2D eigenvalue weighted by atomic mass is 16.2. The fourth-order valence-electron chi connectivity index (χ4n) is 3.81. The molecule has 1 saturated heterocycles. The molecule has 3 nitrogen and oxygen atoms in total. The van der Waals surface area contributed by atoms with Crippen LogP contribution < -0.4 is 5.73 Å². The van der Waals surface area contributed by atoms with Gasteiger partial charge in [0.05, 0.1) is 0 Å². The Balaban J connectivity index is 1.82. The van der Waals surface area contributed by atoms with Gasteiger partial charge in [0, 0.05) is 19.0 Å². The summed E-state index contributed by atoms with van der Waals surface area (Å²) in [6.45, 7) is 4.97. The second-order valence-corrected chi connectivity index (χ2v) is 6.50. The third-order valence-electron chi connectivity index (χ3n) is 5.18. The van der Waals surface area contributed by atoms with Gasteiger partial charge >= 0.3 is 0 Å². The SMILES string of the molecule is CCC1CCC(C(=O)N2CCCC(CCN)C2)CC1. The minimum absolute atomic E-state index is 0.319. The van der Waals surface area contributed by atoms with Gasteiger partial charge in [-0.2, -0.15) is 0 Å². The van der Waals surface area contributed by atoms with Gasteiger partial charge in [-0.05, 0) is 63.3 Å². The minimum Gasteiger partial charge on any atom is -0.342 e. The zero-order chi connectivity index (χ0) is 13.7. The Morgan fingerprint density at radius 3 is 2.53 bits per heavy atom. The monoisotopic (exact) mass is 266 g/mol. The van der Waals surface area contributed by atoms with Crippen LogP contribution >= 0.6 is 0 Å². The summed E-state index contributed by atoms with van der Waals surface area (Å²) in [5.41, 5.74) is 5.65. The maximum absolute atomic E-state index is 12.6. The Hall–Kier alpha value is -0.570. The first-order valence-electron chi connectivity index (χ1n) is 8.23. The van der Waals surface area contributed by atoms with Crippen molar-refractivity contribution in [2.45, 2.75) is 58.3 Å². The smallest absolute Gasteiger partial charge is 0.225 e. The van der Waals surface area contributed by atoms with Gasteiger partial charge < -0.3 is 10.6 Å². The van der Waals surface area contributed by atoms with Crippen molar-refractivity contribution in [2.24, 2.45) is 23.5 Å². The second kappa shape index (κ2) is 7.28. The van der Waals surface area contributed by atoms with E-state index in [0.717, 1.165) is 44.8 Å². The predicted molar refractivity (Wildman–Crippen MR) is 78.7 cm³/mol. The van der Waals surface area contributed by atoms with Gasteiger partial charge in [0.1, 0.15) is 0 Å². The third-order valence-corrected chi connectivity index (χ3v) is 5.18. The van der Waals surface area contributed by atoms with Crippen molar-refractivity contribution in [3.8, 4) is 0 Å². The molecule has 3 heteroatoms. The number of hydrogen-bond donors (Lipinski definition) is 1. The molecule has 110 valence electrons. The standard InChI is InChI=1S/C16H30N2O/c1-2-13-5-7-15(8-6-13)16(19)18-11-3-4-14(12-18)9-10-17/h13-15H,2-12,17H2,1H3. The molecular weight excluding hydrogens is 236 g/mol. The summed E-state index contributed by atoms with van der Waals surface area (Å²) in [6.07, 6.45) is 9.53. The number of likely N-dealkylation sites (tertiary alicyclic amines) is 1. The van der Waals surface area contributed by atoms with Crippen LogP contribution in [0.25, 0.3) is 0 Å². The summed E-state index contributed by atoms with van der Waals surface area (Å²) in [7, 11) is 0. The summed E-state index contributed by atoms with van der Waals surface area (Å²) in [5.74, 6) is 2.28. The lowest BCUT2D eigenvalue weighted by atomic mass is 9.80. The van der Waals surface area contributed by atoms with E-state index in [1.54, 1.807) is 0 Å². The summed E-state index contributed by atoms with van der Waals surface area (Å²) in [5, 5.41) is 0. The van der Waals surface area contributed by atoms with Crippen LogP contribution in [-0.4, -0.2) is 30.4 Å². The number of nitrogens with two attached hydrogens (primary N) is 1. The van der Waals surface area contributed by atoms with E-state index in [-0.39, 0.29) is 0 Å². The fraction of sp³-hybridized carbons (Fsp3) is 0.938. The average molecular weight is 266 g/mol. The van der Waals surface area contributed by atoms with Crippen LogP contribution in [0.3, 0.4) is 0 Å².